The van der Waals surface area contributed by atoms with Crippen LogP contribution in [0.25, 0.3) is 21.8 Å². The standard InChI is InChI=1S/C13H9NO4/c15-9-5-7-6-3-1-2-4-8(6)14-11(7)12(16)10(9)13(17)18/h1-5,14-16H,(H,17,18). The molecule has 1 heterocycles. The first-order valence-corrected chi connectivity index (χ1v) is 5.28. The van der Waals surface area contributed by atoms with E-state index in [4.69, 9.17) is 5.11 Å². The number of carboxylic acid groups (broad SMARTS) is 1. The number of carbonyl (C=O) groups is 1. The number of hydrogen-bond acceptors (Lipinski definition) is 3. The van der Waals surface area contributed by atoms with E-state index in [1.165, 1.54) is 6.07 Å². The van der Waals surface area contributed by atoms with Gasteiger partial charge in [-0.15, -0.1) is 0 Å². The molecule has 0 fully saturated rings. The highest BCUT2D eigenvalue weighted by Gasteiger charge is 2.20. The third kappa shape index (κ3) is 1.24. The number of H-pyrrole nitrogens is 1. The monoisotopic (exact) mass is 243 g/mol. The van der Waals surface area contributed by atoms with Gasteiger partial charge in [-0.1, -0.05) is 18.2 Å². The number of hydrogen-bond donors (Lipinski definition) is 4. The Bertz CT molecular complexity index is 788. The van der Waals surface area contributed by atoms with Crippen LogP contribution in [0, 0.1) is 0 Å². The largest absolute Gasteiger partial charge is 0.507 e. The van der Waals surface area contributed by atoms with Crippen LogP contribution in [0.15, 0.2) is 30.3 Å². The lowest BCUT2D eigenvalue weighted by Crippen LogP contribution is -1.97. The molecule has 0 aliphatic rings. The molecule has 0 spiro atoms. The Labute approximate surface area is 101 Å². The molecule has 3 rings (SSSR count). The number of benzene rings is 2. The van der Waals surface area contributed by atoms with Gasteiger partial charge in [0, 0.05) is 16.3 Å². The quantitative estimate of drug-likeness (QED) is 0.528. The van der Waals surface area contributed by atoms with E-state index in [0.717, 1.165) is 10.9 Å². The van der Waals surface area contributed by atoms with E-state index in [1.807, 2.05) is 24.3 Å². The summed E-state index contributed by atoms with van der Waals surface area (Å²) >= 11 is 0. The summed E-state index contributed by atoms with van der Waals surface area (Å²) < 4.78 is 0. The van der Waals surface area contributed by atoms with E-state index >= 15 is 0 Å². The summed E-state index contributed by atoms with van der Waals surface area (Å²) in [5, 5.41) is 30.0. The van der Waals surface area contributed by atoms with Gasteiger partial charge in [-0.2, -0.15) is 0 Å². The predicted octanol–water partition coefficient (Wildman–Crippen LogP) is 2.43. The van der Waals surface area contributed by atoms with Gasteiger partial charge in [-0.05, 0) is 12.1 Å². The fourth-order valence-corrected chi connectivity index (χ4v) is 2.17. The molecule has 0 atom stereocenters. The van der Waals surface area contributed by atoms with E-state index in [9.17, 15) is 15.0 Å². The zero-order chi connectivity index (χ0) is 12.9. The molecule has 2 aromatic carbocycles. The van der Waals surface area contributed by atoms with E-state index in [2.05, 4.69) is 4.98 Å². The maximum atomic E-state index is 11.0. The van der Waals surface area contributed by atoms with Crippen LogP contribution in [-0.2, 0) is 0 Å². The maximum Gasteiger partial charge on any atom is 0.343 e. The Morgan fingerprint density at radius 1 is 1.11 bits per heavy atom. The van der Waals surface area contributed by atoms with Gasteiger partial charge in [-0.25, -0.2) is 4.79 Å². The smallest absolute Gasteiger partial charge is 0.343 e. The number of aromatic hydroxyl groups is 2. The van der Waals surface area contributed by atoms with Crippen molar-refractivity contribution in [3.05, 3.63) is 35.9 Å². The van der Waals surface area contributed by atoms with Crippen molar-refractivity contribution in [2.75, 3.05) is 0 Å². The van der Waals surface area contributed by atoms with E-state index in [0.29, 0.717) is 10.9 Å². The molecule has 0 amide bonds. The molecule has 3 aromatic rings. The van der Waals surface area contributed by atoms with Crippen molar-refractivity contribution in [2.24, 2.45) is 0 Å². The van der Waals surface area contributed by atoms with Crippen LogP contribution in [0.5, 0.6) is 11.5 Å². The number of aromatic nitrogens is 1. The molecule has 0 saturated carbocycles. The van der Waals surface area contributed by atoms with Crippen molar-refractivity contribution in [3.63, 3.8) is 0 Å². The molecule has 1 aromatic heterocycles. The molecule has 18 heavy (non-hydrogen) atoms. The van der Waals surface area contributed by atoms with Gasteiger partial charge in [0.25, 0.3) is 0 Å². The van der Waals surface area contributed by atoms with Crippen LogP contribution in [0.1, 0.15) is 10.4 Å². The molecule has 5 nitrogen and oxygen atoms in total. The fourth-order valence-electron chi connectivity index (χ4n) is 2.17. The minimum atomic E-state index is -1.37. The molecular weight excluding hydrogens is 234 g/mol. The van der Waals surface area contributed by atoms with Crippen LogP contribution < -0.4 is 0 Å². The Kier molecular flexibility index (Phi) is 1.98. The molecule has 0 bridgehead atoms. The second kappa shape index (κ2) is 3.40. The van der Waals surface area contributed by atoms with Gasteiger partial charge in [0.15, 0.2) is 5.75 Å². The summed E-state index contributed by atoms with van der Waals surface area (Å²) in [4.78, 5) is 13.9. The van der Waals surface area contributed by atoms with Crippen LogP contribution in [0.3, 0.4) is 0 Å². The van der Waals surface area contributed by atoms with Gasteiger partial charge in [-0.3, -0.25) is 0 Å². The molecule has 90 valence electrons. The summed E-state index contributed by atoms with van der Waals surface area (Å²) in [5.74, 6) is -2.27. The molecule has 0 aliphatic heterocycles. The number of para-hydroxylation sites is 1. The number of rotatable bonds is 1. The SMILES string of the molecule is O=C(O)c1c(O)cc2c([nH]c3ccccc32)c1O. The highest BCUT2D eigenvalue weighted by Crippen LogP contribution is 2.38. The van der Waals surface area contributed by atoms with Crippen molar-refractivity contribution in [3.8, 4) is 11.5 Å². The van der Waals surface area contributed by atoms with Crippen molar-refractivity contribution < 1.29 is 20.1 Å². The second-order valence-corrected chi connectivity index (χ2v) is 4.02. The molecule has 0 saturated heterocycles. The third-order valence-electron chi connectivity index (χ3n) is 2.97. The van der Waals surface area contributed by atoms with Crippen molar-refractivity contribution in [2.45, 2.75) is 0 Å². The lowest BCUT2D eigenvalue weighted by Gasteiger charge is -2.03. The third-order valence-corrected chi connectivity index (χ3v) is 2.97. The summed E-state index contributed by atoms with van der Waals surface area (Å²) in [6.45, 7) is 0. The first kappa shape index (κ1) is 10.5. The lowest BCUT2D eigenvalue weighted by molar-refractivity contribution is 0.0690. The number of fused-ring (bicyclic) bond motifs is 3. The van der Waals surface area contributed by atoms with Gasteiger partial charge < -0.3 is 20.3 Å². The zero-order valence-electron chi connectivity index (χ0n) is 9.14. The maximum absolute atomic E-state index is 11.0. The first-order chi connectivity index (χ1) is 8.59. The van der Waals surface area contributed by atoms with Crippen LogP contribution in [0.2, 0.25) is 0 Å². The zero-order valence-corrected chi connectivity index (χ0v) is 9.14. The highest BCUT2D eigenvalue weighted by atomic mass is 16.4. The van der Waals surface area contributed by atoms with Crippen molar-refractivity contribution in [1.82, 2.24) is 4.98 Å². The average Bonchev–Trinajstić information content (AvgIpc) is 2.68. The number of carboxylic acids is 1. The van der Waals surface area contributed by atoms with E-state index < -0.39 is 23.0 Å². The fraction of sp³-hybridized carbons (Fsp3) is 0. The minimum absolute atomic E-state index is 0.311. The number of aromatic carboxylic acids is 1. The Morgan fingerprint density at radius 3 is 2.56 bits per heavy atom. The number of aromatic amines is 1. The van der Waals surface area contributed by atoms with Crippen molar-refractivity contribution >= 4 is 27.8 Å². The summed E-state index contributed by atoms with van der Waals surface area (Å²) in [6.07, 6.45) is 0. The number of nitrogens with one attached hydrogen (secondary N) is 1. The Balaban J connectivity index is 2.54. The predicted molar refractivity (Wildman–Crippen MR) is 66.1 cm³/mol. The molecule has 4 N–H and O–H groups in total. The second-order valence-electron chi connectivity index (χ2n) is 4.02. The Hall–Kier alpha value is -2.69. The van der Waals surface area contributed by atoms with E-state index in [-0.39, 0.29) is 0 Å². The summed E-state index contributed by atoms with van der Waals surface area (Å²) in [5.41, 5.74) is 0.588. The van der Waals surface area contributed by atoms with Gasteiger partial charge in [0.05, 0.1) is 5.52 Å². The van der Waals surface area contributed by atoms with Crippen molar-refractivity contribution in [1.29, 1.82) is 0 Å². The van der Waals surface area contributed by atoms with Gasteiger partial charge in [0.2, 0.25) is 0 Å². The van der Waals surface area contributed by atoms with Crippen LogP contribution >= 0.6 is 0 Å². The minimum Gasteiger partial charge on any atom is -0.507 e. The summed E-state index contributed by atoms with van der Waals surface area (Å²) in [6, 6.07) is 8.64. The lowest BCUT2D eigenvalue weighted by atomic mass is 10.1. The summed E-state index contributed by atoms with van der Waals surface area (Å²) in [7, 11) is 0. The van der Waals surface area contributed by atoms with Gasteiger partial charge in [0.1, 0.15) is 11.3 Å². The van der Waals surface area contributed by atoms with Crippen LogP contribution in [-0.4, -0.2) is 26.3 Å². The molecule has 5 heteroatoms. The molecular formula is C13H9NO4. The number of phenols is 2. The average molecular weight is 243 g/mol. The highest BCUT2D eigenvalue weighted by molar-refractivity contribution is 6.13. The normalized spacial score (nSPS) is 11.1. The molecule has 0 aliphatic carbocycles. The Morgan fingerprint density at radius 2 is 1.83 bits per heavy atom. The molecule has 0 unspecified atom stereocenters. The van der Waals surface area contributed by atoms with Gasteiger partial charge >= 0.3 is 5.97 Å². The first-order valence-electron chi connectivity index (χ1n) is 5.28. The van der Waals surface area contributed by atoms with E-state index in [1.54, 1.807) is 0 Å². The topological polar surface area (TPSA) is 93.5 Å². The molecule has 0 radical (unpaired) electrons. The van der Waals surface area contributed by atoms with Crippen LogP contribution in [0.4, 0.5) is 0 Å².